The molecule has 0 saturated carbocycles. The van der Waals surface area contributed by atoms with Crippen molar-refractivity contribution in [2.24, 2.45) is 5.92 Å². The lowest BCUT2D eigenvalue weighted by molar-refractivity contribution is 0.263. The fraction of sp³-hybridized carbons (Fsp3) is 0.500. The highest BCUT2D eigenvalue weighted by Crippen LogP contribution is 2.29. The summed E-state index contributed by atoms with van der Waals surface area (Å²) in [6.45, 7) is 11.3. The van der Waals surface area contributed by atoms with E-state index < -0.39 is 0 Å². The van der Waals surface area contributed by atoms with Crippen LogP contribution in [-0.2, 0) is 0 Å². The van der Waals surface area contributed by atoms with Gasteiger partial charge in [0.1, 0.15) is 0 Å². The molecule has 1 aromatic rings. The van der Waals surface area contributed by atoms with E-state index in [1.807, 2.05) is 0 Å². The molecule has 1 heterocycles. The number of rotatable bonds is 4. The molecule has 1 aliphatic rings. The zero-order chi connectivity index (χ0) is 15.2. The van der Waals surface area contributed by atoms with Crippen LogP contribution in [0.4, 0.5) is 0 Å². The number of hydrogen-bond acceptors (Lipinski definition) is 1. The van der Waals surface area contributed by atoms with Gasteiger partial charge in [-0.2, -0.15) is 0 Å². The summed E-state index contributed by atoms with van der Waals surface area (Å²) in [7, 11) is 0. The van der Waals surface area contributed by atoms with Crippen molar-refractivity contribution in [3.63, 3.8) is 0 Å². The van der Waals surface area contributed by atoms with Crippen molar-refractivity contribution >= 4 is 0 Å². The Kier molecular flexibility index (Phi) is 5.67. The van der Waals surface area contributed by atoms with E-state index >= 15 is 0 Å². The van der Waals surface area contributed by atoms with Gasteiger partial charge in [-0.3, -0.25) is 0 Å². The first-order chi connectivity index (χ1) is 10.1. The van der Waals surface area contributed by atoms with E-state index in [0.717, 1.165) is 5.92 Å². The second kappa shape index (κ2) is 7.49. The summed E-state index contributed by atoms with van der Waals surface area (Å²) in [6.07, 6.45) is 7.10. The molecule has 21 heavy (non-hydrogen) atoms. The molecule has 0 aliphatic carbocycles. The molecule has 114 valence electrons. The van der Waals surface area contributed by atoms with E-state index in [0.29, 0.717) is 5.92 Å². The van der Waals surface area contributed by atoms with Crippen molar-refractivity contribution in [2.75, 3.05) is 13.1 Å². The third-order valence-corrected chi connectivity index (χ3v) is 4.76. The lowest BCUT2D eigenvalue weighted by Gasteiger charge is -2.34. The van der Waals surface area contributed by atoms with Crippen LogP contribution >= 0.6 is 0 Å². The summed E-state index contributed by atoms with van der Waals surface area (Å²) in [5, 5.41) is 0. The molecule has 0 bridgehead atoms. The second-order valence-electron chi connectivity index (χ2n) is 6.55. The third-order valence-electron chi connectivity index (χ3n) is 4.76. The monoisotopic (exact) mass is 283 g/mol. The SMILES string of the molecule is C/C(=C\C=C(/C)N1CCC(c2ccccc2)CC1)C(C)C. The first kappa shape index (κ1) is 15.9. The number of allylic oxidation sites excluding steroid dienone is 4. The van der Waals surface area contributed by atoms with Crippen LogP contribution in [0.1, 0.15) is 52.0 Å². The molecule has 1 saturated heterocycles. The van der Waals surface area contributed by atoms with Gasteiger partial charge in [-0.15, -0.1) is 0 Å². The second-order valence-corrected chi connectivity index (χ2v) is 6.55. The number of piperidine rings is 1. The molecule has 0 spiro atoms. The minimum absolute atomic E-state index is 0.637. The molecule has 0 radical (unpaired) electrons. The van der Waals surface area contributed by atoms with Crippen LogP contribution in [0.5, 0.6) is 0 Å². The highest BCUT2D eigenvalue weighted by Gasteiger charge is 2.20. The van der Waals surface area contributed by atoms with E-state index in [1.165, 1.54) is 42.8 Å². The number of benzene rings is 1. The smallest absolute Gasteiger partial charge is 0.0180 e. The molecule has 1 aromatic carbocycles. The van der Waals surface area contributed by atoms with E-state index in [2.05, 4.69) is 75.1 Å². The maximum Gasteiger partial charge on any atom is 0.0180 e. The van der Waals surface area contributed by atoms with Crippen molar-refractivity contribution in [1.82, 2.24) is 4.90 Å². The minimum atomic E-state index is 0.637. The quantitative estimate of drug-likeness (QED) is 0.671. The van der Waals surface area contributed by atoms with Gasteiger partial charge in [0.15, 0.2) is 0 Å². The predicted molar refractivity (Wildman–Crippen MR) is 92.3 cm³/mol. The van der Waals surface area contributed by atoms with E-state index in [1.54, 1.807) is 0 Å². The summed E-state index contributed by atoms with van der Waals surface area (Å²) in [4.78, 5) is 2.53. The Morgan fingerprint density at radius 1 is 1.05 bits per heavy atom. The number of nitrogens with zero attached hydrogens (tertiary/aromatic N) is 1. The molecule has 1 heteroatoms. The zero-order valence-electron chi connectivity index (χ0n) is 14.0. The van der Waals surface area contributed by atoms with Crippen LogP contribution in [0.25, 0.3) is 0 Å². The molecule has 1 nitrogen and oxygen atoms in total. The topological polar surface area (TPSA) is 3.24 Å². The van der Waals surface area contributed by atoms with Crippen LogP contribution in [0, 0.1) is 5.92 Å². The van der Waals surface area contributed by atoms with Crippen molar-refractivity contribution < 1.29 is 0 Å². The lowest BCUT2D eigenvalue weighted by Crippen LogP contribution is -2.31. The summed E-state index contributed by atoms with van der Waals surface area (Å²) in [5.41, 5.74) is 4.37. The van der Waals surface area contributed by atoms with Gasteiger partial charge in [-0.25, -0.2) is 0 Å². The Hall–Kier alpha value is -1.50. The van der Waals surface area contributed by atoms with Crippen molar-refractivity contribution in [3.05, 3.63) is 59.3 Å². The Bertz CT molecular complexity index is 488. The van der Waals surface area contributed by atoms with Crippen LogP contribution < -0.4 is 0 Å². The van der Waals surface area contributed by atoms with Gasteiger partial charge in [0.2, 0.25) is 0 Å². The Morgan fingerprint density at radius 3 is 2.24 bits per heavy atom. The molecule has 0 atom stereocenters. The van der Waals surface area contributed by atoms with Gasteiger partial charge in [0, 0.05) is 18.8 Å². The van der Waals surface area contributed by atoms with Crippen LogP contribution in [0.15, 0.2) is 53.8 Å². The Morgan fingerprint density at radius 2 is 1.67 bits per heavy atom. The van der Waals surface area contributed by atoms with Crippen LogP contribution in [0.2, 0.25) is 0 Å². The lowest BCUT2D eigenvalue weighted by atomic mass is 9.89. The van der Waals surface area contributed by atoms with Crippen molar-refractivity contribution in [1.29, 1.82) is 0 Å². The van der Waals surface area contributed by atoms with Gasteiger partial charge >= 0.3 is 0 Å². The standard InChI is InChI=1S/C20H29N/c1-16(2)17(3)10-11-18(4)21-14-12-20(13-15-21)19-8-6-5-7-9-19/h5-11,16,20H,12-15H2,1-4H3/b17-10+,18-11+. The van der Waals surface area contributed by atoms with Crippen molar-refractivity contribution in [2.45, 2.75) is 46.5 Å². The average molecular weight is 283 g/mol. The maximum atomic E-state index is 2.53. The van der Waals surface area contributed by atoms with Crippen molar-refractivity contribution in [3.8, 4) is 0 Å². The largest absolute Gasteiger partial charge is 0.375 e. The molecule has 0 aromatic heterocycles. The van der Waals surface area contributed by atoms with Crippen LogP contribution in [0.3, 0.4) is 0 Å². The average Bonchev–Trinajstić information content (AvgIpc) is 2.53. The molecule has 1 aliphatic heterocycles. The molecule has 1 fully saturated rings. The Labute approximate surface area is 130 Å². The fourth-order valence-electron chi connectivity index (χ4n) is 2.84. The summed E-state index contributed by atoms with van der Waals surface area (Å²) >= 11 is 0. The maximum absolute atomic E-state index is 2.53. The summed E-state index contributed by atoms with van der Waals surface area (Å²) in [6, 6.07) is 11.0. The predicted octanol–water partition coefficient (Wildman–Crippen LogP) is 5.37. The molecule has 0 amide bonds. The molecular weight excluding hydrogens is 254 g/mol. The molecule has 0 N–H and O–H groups in total. The van der Waals surface area contributed by atoms with Crippen LogP contribution in [-0.4, -0.2) is 18.0 Å². The first-order valence-corrected chi connectivity index (χ1v) is 8.23. The van der Waals surface area contributed by atoms with E-state index in [9.17, 15) is 0 Å². The fourth-order valence-corrected chi connectivity index (χ4v) is 2.84. The molecule has 0 unspecified atom stereocenters. The third kappa shape index (κ3) is 4.49. The van der Waals surface area contributed by atoms with Gasteiger partial charge in [0.25, 0.3) is 0 Å². The van der Waals surface area contributed by atoms with Gasteiger partial charge in [-0.05, 0) is 50.2 Å². The zero-order valence-corrected chi connectivity index (χ0v) is 14.0. The number of hydrogen-bond donors (Lipinski definition) is 0. The summed E-state index contributed by atoms with van der Waals surface area (Å²) in [5.74, 6) is 1.38. The van der Waals surface area contributed by atoms with Gasteiger partial charge in [0.05, 0.1) is 0 Å². The highest BCUT2D eigenvalue weighted by molar-refractivity contribution is 5.21. The van der Waals surface area contributed by atoms with Gasteiger partial charge < -0.3 is 4.90 Å². The highest BCUT2D eigenvalue weighted by atomic mass is 15.1. The Balaban J connectivity index is 1.92. The molecular formula is C20H29N. The van der Waals surface area contributed by atoms with E-state index in [-0.39, 0.29) is 0 Å². The summed E-state index contributed by atoms with van der Waals surface area (Å²) < 4.78 is 0. The minimum Gasteiger partial charge on any atom is -0.375 e. The van der Waals surface area contributed by atoms with E-state index in [4.69, 9.17) is 0 Å². The normalized spacial score (nSPS) is 18.4. The van der Waals surface area contributed by atoms with Gasteiger partial charge in [-0.1, -0.05) is 55.8 Å². The number of likely N-dealkylation sites (tertiary alicyclic amines) is 1. The molecule has 2 rings (SSSR count). The first-order valence-electron chi connectivity index (χ1n) is 8.23.